The summed E-state index contributed by atoms with van der Waals surface area (Å²) in [4.78, 5) is 51.2. The van der Waals surface area contributed by atoms with Crippen molar-refractivity contribution in [3.05, 3.63) is 59.2 Å². The molecule has 4 rings (SSSR count). The molecular formula is C29H32FN5O7. The lowest BCUT2D eigenvalue weighted by Crippen LogP contribution is -2.44. The Morgan fingerprint density at radius 2 is 1.71 bits per heavy atom. The van der Waals surface area contributed by atoms with Gasteiger partial charge in [0.1, 0.15) is 28.6 Å². The van der Waals surface area contributed by atoms with E-state index in [0.29, 0.717) is 46.3 Å². The fourth-order valence-corrected chi connectivity index (χ4v) is 4.01. The van der Waals surface area contributed by atoms with E-state index < -0.39 is 40.7 Å². The van der Waals surface area contributed by atoms with Crippen molar-refractivity contribution in [1.29, 1.82) is 0 Å². The highest BCUT2D eigenvalue weighted by molar-refractivity contribution is 6.08. The minimum absolute atomic E-state index is 0.192. The molecule has 0 saturated carbocycles. The minimum Gasteiger partial charge on any atom is -0.492 e. The highest BCUT2D eigenvalue weighted by Crippen LogP contribution is 2.39. The van der Waals surface area contributed by atoms with Crippen molar-refractivity contribution < 1.29 is 38.1 Å². The Morgan fingerprint density at radius 3 is 2.33 bits per heavy atom. The molecule has 3 aromatic rings. The SMILES string of the molecule is CC(C)(C)OC(=O)N(C(=O)OC(C)(C)C)c1nccc(-c2cnc(NCc3ccc(F)c(C(=O)O)c3)c3c2OCC3)n1. The number of carboxylic acids is 1. The van der Waals surface area contributed by atoms with Gasteiger partial charge in [0.15, 0.2) is 0 Å². The number of nitrogens with zero attached hydrogens (tertiary/aromatic N) is 4. The number of aromatic carboxylic acids is 1. The van der Waals surface area contributed by atoms with Gasteiger partial charge in [0, 0.05) is 30.9 Å². The van der Waals surface area contributed by atoms with Crippen LogP contribution < -0.4 is 15.0 Å². The van der Waals surface area contributed by atoms with Crippen LogP contribution in [0.25, 0.3) is 11.3 Å². The van der Waals surface area contributed by atoms with Crippen molar-refractivity contribution in [1.82, 2.24) is 15.0 Å². The summed E-state index contributed by atoms with van der Waals surface area (Å²) in [5, 5.41) is 12.4. The molecule has 0 spiro atoms. The molecule has 1 aliphatic heterocycles. The van der Waals surface area contributed by atoms with Gasteiger partial charge in [-0.3, -0.25) is 0 Å². The fourth-order valence-electron chi connectivity index (χ4n) is 4.01. The van der Waals surface area contributed by atoms with Gasteiger partial charge in [-0.05, 0) is 65.3 Å². The maximum absolute atomic E-state index is 13.8. The minimum atomic E-state index is -1.35. The van der Waals surface area contributed by atoms with Crippen molar-refractivity contribution >= 4 is 29.9 Å². The summed E-state index contributed by atoms with van der Waals surface area (Å²) in [5.74, 6) is -1.42. The largest absolute Gasteiger partial charge is 0.492 e. The number of rotatable bonds is 6. The zero-order valence-corrected chi connectivity index (χ0v) is 24.1. The number of ether oxygens (including phenoxy) is 3. The third-order valence-electron chi connectivity index (χ3n) is 5.72. The van der Waals surface area contributed by atoms with Gasteiger partial charge in [0.05, 0.1) is 23.4 Å². The number of benzene rings is 1. The zero-order valence-electron chi connectivity index (χ0n) is 24.1. The van der Waals surface area contributed by atoms with E-state index in [1.54, 1.807) is 47.6 Å². The van der Waals surface area contributed by atoms with Crippen LogP contribution in [0.15, 0.2) is 36.7 Å². The summed E-state index contributed by atoms with van der Waals surface area (Å²) in [5.41, 5.74) is -0.0862. The molecule has 0 fully saturated rings. The molecule has 2 amide bonds. The first-order chi connectivity index (χ1) is 19.6. The first-order valence-electron chi connectivity index (χ1n) is 13.1. The second-order valence-electron chi connectivity index (χ2n) is 11.4. The number of hydrogen-bond donors (Lipinski definition) is 2. The first-order valence-corrected chi connectivity index (χ1v) is 13.1. The van der Waals surface area contributed by atoms with Crippen LogP contribution in [-0.4, -0.2) is 56.0 Å². The van der Waals surface area contributed by atoms with E-state index in [1.807, 2.05) is 0 Å². The lowest BCUT2D eigenvalue weighted by atomic mass is 10.1. The lowest BCUT2D eigenvalue weighted by molar-refractivity contribution is 0.0426. The normalized spacial score (nSPS) is 12.6. The second-order valence-corrected chi connectivity index (χ2v) is 11.4. The predicted octanol–water partition coefficient (Wildman–Crippen LogP) is 5.60. The van der Waals surface area contributed by atoms with Crippen LogP contribution in [0.2, 0.25) is 0 Å². The number of hydrogen-bond acceptors (Lipinski definition) is 10. The maximum Gasteiger partial charge on any atom is 0.427 e. The molecule has 0 radical (unpaired) electrons. The van der Waals surface area contributed by atoms with Crippen LogP contribution in [0.3, 0.4) is 0 Å². The molecule has 1 aliphatic rings. The number of pyridine rings is 1. The van der Waals surface area contributed by atoms with Gasteiger partial charge in [-0.1, -0.05) is 6.07 Å². The third-order valence-corrected chi connectivity index (χ3v) is 5.72. The van der Waals surface area contributed by atoms with Crippen molar-refractivity contribution in [2.45, 2.75) is 65.7 Å². The fraction of sp³-hybridized carbons (Fsp3) is 0.379. The number of aromatic nitrogens is 3. The average Bonchev–Trinajstić information content (AvgIpc) is 3.36. The van der Waals surface area contributed by atoms with Crippen molar-refractivity contribution in [3.63, 3.8) is 0 Å². The Morgan fingerprint density at radius 1 is 1.05 bits per heavy atom. The molecule has 0 bridgehead atoms. The van der Waals surface area contributed by atoms with Gasteiger partial charge in [-0.15, -0.1) is 4.90 Å². The monoisotopic (exact) mass is 581 g/mol. The summed E-state index contributed by atoms with van der Waals surface area (Å²) < 4.78 is 30.5. The Hall–Kier alpha value is -4.81. The van der Waals surface area contributed by atoms with E-state index in [0.717, 1.165) is 11.6 Å². The van der Waals surface area contributed by atoms with Crippen LogP contribution in [0.4, 0.5) is 25.7 Å². The van der Waals surface area contributed by atoms with Gasteiger partial charge >= 0.3 is 18.2 Å². The van der Waals surface area contributed by atoms with Crippen LogP contribution in [0.1, 0.15) is 63.0 Å². The molecule has 0 atom stereocenters. The molecule has 12 nitrogen and oxygen atoms in total. The summed E-state index contributed by atoms with van der Waals surface area (Å²) in [6.07, 6.45) is 1.45. The topological polar surface area (TPSA) is 153 Å². The number of carbonyl (C=O) groups is 3. The molecular weight excluding hydrogens is 549 g/mol. The predicted molar refractivity (Wildman–Crippen MR) is 150 cm³/mol. The number of anilines is 2. The smallest absolute Gasteiger partial charge is 0.427 e. The number of carbonyl (C=O) groups excluding carboxylic acids is 2. The molecule has 2 aromatic heterocycles. The number of imide groups is 1. The number of amides is 2. The Kier molecular flexibility index (Phi) is 8.32. The number of halogens is 1. The molecule has 2 N–H and O–H groups in total. The van der Waals surface area contributed by atoms with Gasteiger partial charge in [-0.2, -0.15) is 0 Å². The highest BCUT2D eigenvalue weighted by atomic mass is 19.1. The van der Waals surface area contributed by atoms with Crippen molar-refractivity contribution in [2.75, 3.05) is 16.8 Å². The quantitative estimate of drug-likeness (QED) is 0.374. The molecule has 0 aliphatic carbocycles. The van der Waals surface area contributed by atoms with E-state index in [-0.39, 0.29) is 12.5 Å². The van der Waals surface area contributed by atoms with Crippen LogP contribution >= 0.6 is 0 Å². The van der Waals surface area contributed by atoms with E-state index in [2.05, 4.69) is 20.3 Å². The molecule has 0 saturated heterocycles. The number of fused-ring (bicyclic) bond motifs is 1. The van der Waals surface area contributed by atoms with E-state index >= 15 is 0 Å². The number of nitrogens with one attached hydrogen (secondary N) is 1. The zero-order chi connectivity index (χ0) is 30.8. The number of carboxylic acid groups (broad SMARTS) is 1. The third kappa shape index (κ3) is 7.09. The Labute approximate surface area is 241 Å². The molecule has 222 valence electrons. The summed E-state index contributed by atoms with van der Waals surface area (Å²) in [6.45, 7) is 10.6. The van der Waals surface area contributed by atoms with Crippen LogP contribution in [-0.2, 0) is 22.4 Å². The Balaban J connectivity index is 1.65. The summed E-state index contributed by atoms with van der Waals surface area (Å²) in [7, 11) is 0. The van der Waals surface area contributed by atoms with Crippen molar-refractivity contribution in [3.8, 4) is 17.0 Å². The van der Waals surface area contributed by atoms with E-state index in [4.69, 9.17) is 14.2 Å². The van der Waals surface area contributed by atoms with E-state index in [1.165, 1.54) is 24.5 Å². The van der Waals surface area contributed by atoms with Gasteiger partial charge in [0.2, 0.25) is 5.95 Å². The van der Waals surface area contributed by atoms with Gasteiger partial charge in [0.25, 0.3) is 0 Å². The second kappa shape index (κ2) is 11.6. The molecule has 1 aromatic carbocycles. The van der Waals surface area contributed by atoms with Gasteiger partial charge in [-0.25, -0.2) is 33.7 Å². The summed E-state index contributed by atoms with van der Waals surface area (Å²) in [6, 6.07) is 5.45. The lowest BCUT2D eigenvalue weighted by Gasteiger charge is -2.27. The maximum atomic E-state index is 13.8. The molecule has 42 heavy (non-hydrogen) atoms. The summed E-state index contributed by atoms with van der Waals surface area (Å²) >= 11 is 0. The van der Waals surface area contributed by atoms with Crippen molar-refractivity contribution in [2.24, 2.45) is 0 Å². The van der Waals surface area contributed by atoms with Crippen LogP contribution in [0, 0.1) is 5.82 Å². The van der Waals surface area contributed by atoms with Gasteiger partial charge < -0.3 is 24.6 Å². The van der Waals surface area contributed by atoms with E-state index in [9.17, 15) is 23.9 Å². The molecule has 0 unspecified atom stereocenters. The first kappa shape index (κ1) is 30.2. The molecule has 3 heterocycles. The van der Waals surface area contributed by atoms with Crippen LogP contribution in [0.5, 0.6) is 5.75 Å². The standard InChI is InChI=1S/C29H32FN5O7/c1-28(2,3)41-26(38)35(27(39)42-29(4,5)6)25-31-11-9-21(34-25)19-15-33-23(17-10-12-40-22(17)19)32-14-16-7-8-20(30)18(13-16)24(36)37/h7-9,11,13,15H,10,12,14H2,1-6H3,(H,32,33)(H,36,37). The highest BCUT2D eigenvalue weighted by Gasteiger charge is 2.35. The average molecular weight is 582 g/mol. The Bertz CT molecular complexity index is 1500. The molecule has 13 heteroatoms.